The number of hydrogen-bond acceptors (Lipinski definition) is 3. The van der Waals surface area contributed by atoms with Crippen LogP contribution in [0, 0.1) is 6.92 Å². The molecule has 0 bridgehead atoms. The van der Waals surface area contributed by atoms with E-state index in [1.165, 1.54) is 11.3 Å². The minimum atomic E-state index is -4.31. The van der Waals surface area contributed by atoms with Crippen LogP contribution in [0.3, 0.4) is 0 Å². The van der Waals surface area contributed by atoms with Gasteiger partial charge in [-0.15, -0.1) is 11.3 Å². The summed E-state index contributed by atoms with van der Waals surface area (Å²) in [5.41, 5.74) is 0. The van der Waals surface area contributed by atoms with Crippen molar-refractivity contribution in [3.05, 3.63) is 20.3 Å². The van der Waals surface area contributed by atoms with Crippen LogP contribution in [0.5, 0.6) is 0 Å². The third-order valence-electron chi connectivity index (χ3n) is 2.01. The number of ether oxygens (including phenoxy) is 1. The molecular formula is C10H12BrF3O2S. The number of hydrogen-bond donors (Lipinski definition) is 1. The molecule has 0 amide bonds. The first-order valence-electron chi connectivity index (χ1n) is 4.88. The van der Waals surface area contributed by atoms with Gasteiger partial charge in [-0.3, -0.25) is 0 Å². The topological polar surface area (TPSA) is 29.5 Å². The van der Waals surface area contributed by atoms with E-state index in [0.29, 0.717) is 0 Å². The maximum atomic E-state index is 11.8. The molecule has 1 N–H and O–H groups in total. The summed E-state index contributed by atoms with van der Waals surface area (Å²) >= 11 is 4.72. The normalized spacial score (nSPS) is 14.0. The molecule has 17 heavy (non-hydrogen) atoms. The molecule has 2 nitrogen and oxygen atoms in total. The summed E-state index contributed by atoms with van der Waals surface area (Å²) in [6.07, 6.45) is -4.94. The summed E-state index contributed by atoms with van der Waals surface area (Å²) in [7, 11) is 0. The van der Waals surface area contributed by atoms with Crippen molar-refractivity contribution < 1.29 is 23.0 Å². The van der Waals surface area contributed by atoms with E-state index in [9.17, 15) is 18.3 Å². The minimum Gasteiger partial charge on any atom is -0.387 e. The highest BCUT2D eigenvalue weighted by Gasteiger charge is 2.27. The maximum absolute atomic E-state index is 11.8. The van der Waals surface area contributed by atoms with Crippen molar-refractivity contribution in [1.82, 2.24) is 0 Å². The van der Waals surface area contributed by atoms with Crippen LogP contribution in [0.15, 0.2) is 10.5 Å². The number of rotatable bonds is 5. The predicted molar refractivity (Wildman–Crippen MR) is 63.2 cm³/mol. The zero-order valence-corrected chi connectivity index (χ0v) is 11.5. The van der Waals surface area contributed by atoms with Crippen LogP contribution in [-0.4, -0.2) is 24.5 Å². The Morgan fingerprint density at radius 2 is 2.18 bits per heavy atom. The standard InChI is InChI=1S/C10H12BrF3O2S/c1-6-7(11)4-9(17-6)8(15)2-3-16-5-10(12,13)14/h4,8,15H,2-3,5H2,1H3. The number of aryl methyl sites for hydroxylation is 1. The number of aliphatic hydroxyl groups excluding tert-OH is 1. The average molecular weight is 333 g/mol. The van der Waals surface area contributed by atoms with Crippen LogP contribution in [0.1, 0.15) is 22.3 Å². The lowest BCUT2D eigenvalue weighted by atomic mass is 10.2. The van der Waals surface area contributed by atoms with Gasteiger partial charge in [0, 0.05) is 27.3 Å². The van der Waals surface area contributed by atoms with Gasteiger partial charge in [-0.2, -0.15) is 13.2 Å². The van der Waals surface area contributed by atoms with Crippen LogP contribution < -0.4 is 0 Å². The van der Waals surface area contributed by atoms with Crippen molar-refractivity contribution in [2.45, 2.75) is 25.6 Å². The highest BCUT2D eigenvalue weighted by Crippen LogP contribution is 2.31. The van der Waals surface area contributed by atoms with Gasteiger partial charge in [-0.05, 0) is 28.9 Å². The smallest absolute Gasteiger partial charge is 0.387 e. The van der Waals surface area contributed by atoms with E-state index in [2.05, 4.69) is 20.7 Å². The number of thiophene rings is 1. The van der Waals surface area contributed by atoms with Gasteiger partial charge < -0.3 is 9.84 Å². The van der Waals surface area contributed by atoms with Crippen LogP contribution >= 0.6 is 27.3 Å². The van der Waals surface area contributed by atoms with E-state index < -0.39 is 18.9 Å². The SMILES string of the molecule is Cc1sc(C(O)CCOCC(F)(F)F)cc1Br. The lowest BCUT2D eigenvalue weighted by molar-refractivity contribution is -0.175. The summed E-state index contributed by atoms with van der Waals surface area (Å²) in [6, 6.07) is 1.77. The monoisotopic (exact) mass is 332 g/mol. The first-order valence-corrected chi connectivity index (χ1v) is 6.49. The van der Waals surface area contributed by atoms with E-state index in [-0.39, 0.29) is 13.0 Å². The van der Waals surface area contributed by atoms with Crippen molar-refractivity contribution in [2.75, 3.05) is 13.2 Å². The van der Waals surface area contributed by atoms with Gasteiger partial charge in [-0.1, -0.05) is 0 Å². The van der Waals surface area contributed by atoms with Crippen molar-refractivity contribution in [3.8, 4) is 0 Å². The highest BCUT2D eigenvalue weighted by molar-refractivity contribution is 9.10. The summed E-state index contributed by atoms with van der Waals surface area (Å²) in [5.74, 6) is 0. The molecule has 0 saturated heterocycles. The Bertz CT molecular complexity index is 345. The molecule has 0 aromatic carbocycles. The maximum Gasteiger partial charge on any atom is 0.411 e. The minimum absolute atomic E-state index is 0.116. The molecule has 1 heterocycles. The number of alkyl halides is 3. The fourth-order valence-corrected chi connectivity index (χ4v) is 2.75. The molecule has 98 valence electrons. The Hall–Kier alpha value is -0.110. The van der Waals surface area contributed by atoms with Crippen molar-refractivity contribution in [2.24, 2.45) is 0 Å². The van der Waals surface area contributed by atoms with Gasteiger partial charge in [0.15, 0.2) is 0 Å². The average Bonchev–Trinajstić information content (AvgIpc) is 2.52. The van der Waals surface area contributed by atoms with Gasteiger partial charge in [0.1, 0.15) is 6.61 Å². The van der Waals surface area contributed by atoms with E-state index in [1.54, 1.807) is 6.07 Å². The molecule has 0 aliphatic rings. The van der Waals surface area contributed by atoms with Gasteiger partial charge in [-0.25, -0.2) is 0 Å². The molecule has 0 aliphatic carbocycles. The Kier molecular flexibility index (Phi) is 5.43. The molecule has 0 fully saturated rings. The number of aliphatic hydroxyl groups is 1. The molecule has 1 aromatic heterocycles. The molecule has 1 unspecified atom stereocenters. The summed E-state index contributed by atoms with van der Waals surface area (Å²) in [5, 5.41) is 9.72. The lowest BCUT2D eigenvalue weighted by Crippen LogP contribution is -2.18. The third-order valence-corrected chi connectivity index (χ3v) is 4.24. The van der Waals surface area contributed by atoms with E-state index in [1.807, 2.05) is 6.92 Å². The van der Waals surface area contributed by atoms with Gasteiger partial charge in [0.05, 0.1) is 6.10 Å². The van der Waals surface area contributed by atoms with Crippen molar-refractivity contribution in [3.63, 3.8) is 0 Å². The molecule has 7 heteroatoms. The fraction of sp³-hybridized carbons (Fsp3) is 0.600. The van der Waals surface area contributed by atoms with Crippen molar-refractivity contribution in [1.29, 1.82) is 0 Å². The second kappa shape index (κ2) is 6.17. The van der Waals surface area contributed by atoms with Crippen LogP contribution in [-0.2, 0) is 4.74 Å². The fourth-order valence-electron chi connectivity index (χ4n) is 1.17. The number of halogens is 4. The Balaban J connectivity index is 2.33. The van der Waals surface area contributed by atoms with Gasteiger partial charge in [0.25, 0.3) is 0 Å². The molecule has 1 aromatic rings. The first-order chi connectivity index (χ1) is 7.79. The van der Waals surface area contributed by atoms with Crippen LogP contribution in [0.25, 0.3) is 0 Å². The quantitative estimate of drug-likeness (QED) is 0.830. The zero-order valence-electron chi connectivity index (χ0n) is 9.05. The highest BCUT2D eigenvalue weighted by atomic mass is 79.9. The molecule has 1 rings (SSSR count). The Morgan fingerprint density at radius 3 is 2.65 bits per heavy atom. The summed E-state index contributed by atoms with van der Waals surface area (Å²) in [6.45, 7) is 0.507. The molecule has 0 saturated carbocycles. The van der Waals surface area contributed by atoms with E-state index >= 15 is 0 Å². The molecule has 0 radical (unpaired) electrons. The molecular weight excluding hydrogens is 321 g/mol. The molecule has 0 aliphatic heterocycles. The van der Waals surface area contributed by atoms with Gasteiger partial charge in [0.2, 0.25) is 0 Å². The summed E-state index contributed by atoms with van der Waals surface area (Å²) < 4.78 is 40.6. The molecule has 0 spiro atoms. The zero-order chi connectivity index (χ0) is 13.1. The second-order valence-electron chi connectivity index (χ2n) is 3.53. The van der Waals surface area contributed by atoms with Crippen molar-refractivity contribution >= 4 is 27.3 Å². The van der Waals surface area contributed by atoms with Crippen LogP contribution in [0.4, 0.5) is 13.2 Å². The second-order valence-corrected chi connectivity index (χ2v) is 5.67. The van der Waals surface area contributed by atoms with Crippen LogP contribution in [0.2, 0.25) is 0 Å². The first kappa shape index (κ1) is 14.9. The van der Waals surface area contributed by atoms with Gasteiger partial charge >= 0.3 is 6.18 Å². The Labute approximate surface area is 110 Å². The van der Waals surface area contributed by atoms with E-state index in [0.717, 1.165) is 14.2 Å². The Morgan fingerprint density at radius 1 is 1.53 bits per heavy atom. The lowest BCUT2D eigenvalue weighted by Gasteiger charge is -2.10. The third kappa shape index (κ3) is 5.37. The predicted octanol–water partition coefficient (Wildman–Crippen LogP) is 3.82. The summed E-state index contributed by atoms with van der Waals surface area (Å²) in [4.78, 5) is 1.75. The van der Waals surface area contributed by atoms with E-state index in [4.69, 9.17) is 0 Å². The molecule has 1 atom stereocenters. The largest absolute Gasteiger partial charge is 0.411 e.